The van der Waals surface area contributed by atoms with Gasteiger partial charge in [0.1, 0.15) is 0 Å². The highest BCUT2D eigenvalue weighted by Gasteiger charge is 2.19. The molecule has 0 aliphatic rings. The topological polar surface area (TPSA) is 0 Å². The Kier molecular flexibility index (Phi) is 7.84. The Hall–Kier alpha value is -5.50. The third kappa shape index (κ3) is 5.27. The standard InChI is InChI=1S/C47H36S/c1-4-5-13-32(3)44-28-29-45(48-44)34-14-12-15-35(30-34)46-39-18-8-10-20-41(39)47(42-21-11-9-19-40(42)46)43-27-26-36(33-24-22-31(2)23-25-33)37-16-6-7-17-38(37)43/h4-30H,1-3H3/b5-4-,32-13+. The van der Waals surface area contributed by atoms with Crippen LogP contribution < -0.4 is 0 Å². The Morgan fingerprint density at radius 2 is 1.06 bits per heavy atom. The summed E-state index contributed by atoms with van der Waals surface area (Å²) in [6, 6.07) is 54.0. The van der Waals surface area contributed by atoms with Gasteiger partial charge in [-0.3, -0.25) is 0 Å². The highest BCUT2D eigenvalue weighted by molar-refractivity contribution is 7.16. The number of fused-ring (bicyclic) bond motifs is 3. The van der Waals surface area contributed by atoms with Crippen molar-refractivity contribution in [2.24, 2.45) is 0 Å². The molecule has 0 aliphatic heterocycles. The first-order chi connectivity index (χ1) is 23.6. The molecule has 0 N–H and O–H groups in total. The third-order valence-electron chi connectivity index (χ3n) is 9.46. The highest BCUT2D eigenvalue weighted by Crippen LogP contribution is 2.47. The molecule has 48 heavy (non-hydrogen) atoms. The maximum absolute atomic E-state index is 2.38. The Balaban J connectivity index is 1.34. The first-order valence-corrected chi connectivity index (χ1v) is 17.5. The minimum atomic E-state index is 1.24. The lowest BCUT2D eigenvalue weighted by Gasteiger charge is -2.20. The van der Waals surface area contributed by atoms with Crippen molar-refractivity contribution in [3.05, 3.63) is 174 Å². The molecule has 230 valence electrons. The Morgan fingerprint density at radius 3 is 1.71 bits per heavy atom. The summed E-state index contributed by atoms with van der Waals surface area (Å²) in [5.41, 5.74) is 11.4. The van der Waals surface area contributed by atoms with E-state index >= 15 is 0 Å². The number of allylic oxidation sites excluding steroid dienone is 4. The van der Waals surface area contributed by atoms with Gasteiger partial charge in [-0.05, 0) is 116 Å². The Bertz CT molecular complexity index is 2460. The van der Waals surface area contributed by atoms with Crippen molar-refractivity contribution in [2.75, 3.05) is 0 Å². The smallest absolute Gasteiger partial charge is 0.0349 e. The van der Waals surface area contributed by atoms with Crippen molar-refractivity contribution in [3.63, 3.8) is 0 Å². The van der Waals surface area contributed by atoms with Crippen LogP contribution in [0.1, 0.15) is 24.3 Å². The maximum Gasteiger partial charge on any atom is 0.0349 e. The summed E-state index contributed by atoms with van der Waals surface area (Å²) in [4.78, 5) is 2.58. The molecule has 0 saturated carbocycles. The lowest BCUT2D eigenvalue weighted by Crippen LogP contribution is -1.92. The fourth-order valence-corrected chi connectivity index (χ4v) is 8.07. The molecule has 7 aromatic carbocycles. The minimum absolute atomic E-state index is 1.24. The molecule has 0 aliphatic carbocycles. The second kappa shape index (κ2) is 12.6. The SMILES string of the molecule is C/C=C\C=C(/C)c1ccc(-c2cccc(-c3c4ccccc4c(-c4ccc(-c5ccc(C)cc5)c5ccccc45)c4ccccc34)c2)s1. The summed E-state index contributed by atoms with van der Waals surface area (Å²) >= 11 is 1.85. The van der Waals surface area contributed by atoms with Gasteiger partial charge in [-0.2, -0.15) is 0 Å². The van der Waals surface area contributed by atoms with Crippen LogP contribution in [-0.4, -0.2) is 0 Å². The fraction of sp³-hybridized carbons (Fsp3) is 0.0638. The van der Waals surface area contributed by atoms with E-state index in [4.69, 9.17) is 0 Å². The molecule has 0 fully saturated rings. The van der Waals surface area contributed by atoms with E-state index in [2.05, 4.69) is 185 Å². The molecule has 8 rings (SSSR count). The molecule has 0 atom stereocenters. The average molecular weight is 633 g/mol. The van der Waals surface area contributed by atoms with Crippen LogP contribution in [-0.2, 0) is 0 Å². The van der Waals surface area contributed by atoms with Gasteiger partial charge in [0.05, 0.1) is 0 Å². The van der Waals surface area contributed by atoms with E-state index in [1.54, 1.807) is 0 Å². The first kappa shape index (κ1) is 29.9. The van der Waals surface area contributed by atoms with E-state index in [9.17, 15) is 0 Å². The second-order valence-corrected chi connectivity index (χ2v) is 13.6. The van der Waals surface area contributed by atoms with E-state index in [1.165, 1.54) is 92.2 Å². The van der Waals surface area contributed by atoms with Gasteiger partial charge in [-0.25, -0.2) is 0 Å². The Morgan fingerprint density at radius 1 is 0.500 bits per heavy atom. The molecular weight excluding hydrogens is 597 g/mol. The van der Waals surface area contributed by atoms with E-state index < -0.39 is 0 Å². The van der Waals surface area contributed by atoms with Crippen molar-refractivity contribution in [3.8, 4) is 43.8 Å². The number of benzene rings is 7. The Labute approximate surface area is 287 Å². The summed E-state index contributed by atoms with van der Waals surface area (Å²) in [7, 11) is 0. The zero-order valence-corrected chi connectivity index (χ0v) is 28.3. The molecule has 0 amide bonds. The maximum atomic E-state index is 2.38. The van der Waals surface area contributed by atoms with Crippen LogP contribution in [0.3, 0.4) is 0 Å². The summed E-state index contributed by atoms with van der Waals surface area (Å²) < 4.78 is 0. The molecule has 1 heteroatoms. The van der Waals surface area contributed by atoms with Gasteiger partial charge in [0, 0.05) is 9.75 Å². The number of aryl methyl sites for hydroxylation is 1. The van der Waals surface area contributed by atoms with Crippen LogP contribution in [0, 0.1) is 6.92 Å². The number of hydrogen-bond acceptors (Lipinski definition) is 1. The number of rotatable bonds is 6. The predicted octanol–water partition coefficient (Wildman–Crippen LogP) is 14.2. The molecule has 0 spiro atoms. The van der Waals surface area contributed by atoms with Gasteiger partial charge < -0.3 is 0 Å². The van der Waals surface area contributed by atoms with Crippen LogP contribution in [0.2, 0.25) is 0 Å². The number of hydrogen-bond donors (Lipinski definition) is 0. The zero-order valence-electron chi connectivity index (χ0n) is 27.5. The summed E-state index contributed by atoms with van der Waals surface area (Å²) in [6.07, 6.45) is 6.37. The van der Waals surface area contributed by atoms with E-state index in [1.807, 2.05) is 11.3 Å². The molecule has 0 bridgehead atoms. The minimum Gasteiger partial charge on any atom is -0.136 e. The van der Waals surface area contributed by atoms with E-state index in [-0.39, 0.29) is 0 Å². The fourth-order valence-electron chi connectivity index (χ4n) is 7.09. The lowest BCUT2D eigenvalue weighted by molar-refractivity contribution is 1.47. The largest absolute Gasteiger partial charge is 0.136 e. The van der Waals surface area contributed by atoms with Crippen LogP contribution in [0.5, 0.6) is 0 Å². The summed E-state index contributed by atoms with van der Waals surface area (Å²) in [5, 5.41) is 7.63. The molecule has 0 saturated heterocycles. The molecule has 1 heterocycles. The van der Waals surface area contributed by atoms with Gasteiger partial charge in [0.25, 0.3) is 0 Å². The third-order valence-corrected chi connectivity index (χ3v) is 10.7. The summed E-state index contributed by atoms with van der Waals surface area (Å²) in [6.45, 7) is 6.38. The van der Waals surface area contributed by atoms with Gasteiger partial charge in [-0.1, -0.05) is 151 Å². The van der Waals surface area contributed by atoms with Gasteiger partial charge >= 0.3 is 0 Å². The average Bonchev–Trinajstić information content (AvgIpc) is 3.64. The van der Waals surface area contributed by atoms with E-state index in [0.717, 1.165) is 0 Å². The second-order valence-electron chi connectivity index (χ2n) is 12.5. The molecular formula is C47H36S. The van der Waals surface area contributed by atoms with Gasteiger partial charge in [0.15, 0.2) is 0 Å². The van der Waals surface area contributed by atoms with Crippen molar-refractivity contribution >= 4 is 49.2 Å². The van der Waals surface area contributed by atoms with Crippen LogP contribution >= 0.6 is 11.3 Å². The monoisotopic (exact) mass is 632 g/mol. The number of thiophene rings is 1. The van der Waals surface area contributed by atoms with E-state index in [0.29, 0.717) is 0 Å². The van der Waals surface area contributed by atoms with Crippen molar-refractivity contribution in [2.45, 2.75) is 20.8 Å². The van der Waals surface area contributed by atoms with Gasteiger partial charge in [-0.15, -0.1) is 11.3 Å². The molecule has 0 radical (unpaired) electrons. The normalized spacial score (nSPS) is 12.1. The quantitative estimate of drug-likeness (QED) is 0.126. The highest BCUT2D eigenvalue weighted by atomic mass is 32.1. The van der Waals surface area contributed by atoms with Crippen LogP contribution in [0.25, 0.3) is 81.7 Å². The molecule has 0 nitrogen and oxygen atoms in total. The summed E-state index contributed by atoms with van der Waals surface area (Å²) in [5.74, 6) is 0. The lowest BCUT2D eigenvalue weighted by atomic mass is 9.83. The predicted molar refractivity (Wildman–Crippen MR) is 212 cm³/mol. The molecule has 8 aromatic rings. The van der Waals surface area contributed by atoms with Crippen molar-refractivity contribution in [1.82, 2.24) is 0 Å². The van der Waals surface area contributed by atoms with Gasteiger partial charge in [0.2, 0.25) is 0 Å². The van der Waals surface area contributed by atoms with Crippen LogP contribution in [0.4, 0.5) is 0 Å². The van der Waals surface area contributed by atoms with Crippen molar-refractivity contribution in [1.29, 1.82) is 0 Å². The van der Waals surface area contributed by atoms with Crippen LogP contribution in [0.15, 0.2) is 164 Å². The molecule has 0 unspecified atom stereocenters. The zero-order chi connectivity index (χ0) is 32.6. The van der Waals surface area contributed by atoms with Crippen molar-refractivity contribution < 1.29 is 0 Å². The first-order valence-electron chi connectivity index (χ1n) is 16.6. The molecule has 1 aromatic heterocycles.